The predicted molar refractivity (Wildman–Crippen MR) is 63.4 cm³/mol. The van der Waals surface area contributed by atoms with E-state index in [2.05, 4.69) is 39.9 Å². The average molecular weight is 197 g/mol. The highest BCUT2D eigenvalue weighted by atomic mass is 14.8. The lowest BCUT2D eigenvalue weighted by Crippen LogP contribution is -2.30. The Balaban J connectivity index is 2.35. The first kappa shape index (κ1) is 12.0. The zero-order valence-electron chi connectivity index (χ0n) is 10.6. The zero-order chi connectivity index (χ0) is 10.8. The minimum absolute atomic E-state index is 0.680. The Morgan fingerprint density at radius 3 is 2.21 bits per heavy atom. The molecule has 0 spiro atoms. The highest BCUT2D eigenvalue weighted by Gasteiger charge is 2.44. The monoisotopic (exact) mass is 197 g/mol. The van der Waals surface area contributed by atoms with Crippen molar-refractivity contribution in [1.29, 1.82) is 0 Å². The van der Waals surface area contributed by atoms with Gasteiger partial charge in [0.2, 0.25) is 0 Å². The summed E-state index contributed by atoms with van der Waals surface area (Å²) >= 11 is 0. The minimum atomic E-state index is 0.680. The highest BCUT2D eigenvalue weighted by Crippen LogP contribution is 2.54. The summed E-state index contributed by atoms with van der Waals surface area (Å²) in [6.45, 7) is 14.2. The normalized spacial score (nSPS) is 25.5. The van der Waals surface area contributed by atoms with Crippen LogP contribution in [0.15, 0.2) is 0 Å². The average Bonchev–Trinajstić information content (AvgIpc) is 2.91. The van der Waals surface area contributed by atoms with Crippen LogP contribution in [0, 0.1) is 23.2 Å². The first-order valence-electron chi connectivity index (χ1n) is 6.22. The van der Waals surface area contributed by atoms with Gasteiger partial charge in [-0.1, -0.05) is 34.6 Å². The van der Waals surface area contributed by atoms with Gasteiger partial charge in [0.05, 0.1) is 0 Å². The molecule has 1 rings (SSSR count). The van der Waals surface area contributed by atoms with Crippen LogP contribution < -0.4 is 5.32 Å². The van der Waals surface area contributed by atoms with Gasteiger partial charge in [-0.2, -0.15) is 0 Å². The van der Waals surface area contributed by atoms with Crippen LogP contribution in [0.5, 0.6) is 0 Å². The number of rotatable bonds is 6. The summed E-state index contributed by atoms with van der Waals surface area (Å²) in [4.78, 5) is 0. The van der Waals surface area contributed by atoms with Gasteiger partial charge in [-0.05, 0) is 49.1 Å². The SMILES string of the molecule is CCNCC(C)C(C)C(C)C1(C)CC1. The van der Waals surface area contributed by atoms with Crippen molar-refractivity contribution in [2.24, 2.45) is 23.2 Å². The van der Waals surface area contributed by atoms with Crippen molar-refractivity contribution >= 4 is 0 Å². The summed E-state index contributed by atoms with van der Waals surface area (Å²) < 4.78 is 0. The van der Waals surface area contributed by atoms with E-state index in [1.54, 1.807) is 0 Å². The van der Waals surface area contributed by atoms with Gasteiger partial charge in [0.25, 0.3) is 0 Å². The molecule has 0 saturated heterocycles. The van der Waals surface area contributed by atoms with Crippen molar-refractivity contribution in [2.75, 3.05) is 13.1 Å². The molecule has 1 aliphatic rings. The zero-order valence-corrected chi connectivity index (χ0v) is 10.6. The van der Waals surface area contributed by atoms with E-state index >= 15 is 0 Å². The lowest BCUT2D eigenvalue weighted by atomic mass is 9.76. The van der Waals surface area contributed by atoms with Gasteiger partial charge >= 0.3 is 0 Å². The fourth-order valence-electron chi connectivity index (χ4n) is 2.34. The third-order valence-electron chi connectivity index (χ3n) is 4.54. The molecule has 1 N–H and O–H groups in total. The van der Waals surface area contributed by atoms with Gasteiger partial charge in [0.15, 0.2) is 0 Å². The fraction of sp³-hybridized carbons (Fsp3) is 1.00. The second-order valence-corrected chi connectivity index (χ2v) is 5.59. The second-order valence-electron chi connectivity index (χ2n) is 5.59. The largest absolute Gasteiger partial charge is 0.317 e. The van der Waals surface area contributed by atoms with Crippen LogP contribution in [0.1, 0.15) is 47.5 Å². The smallest absolute Gasteiger partial charge is 0.00206 e. The summed E-state index contributed by atoms with van der Waals surface area (Å²) in [6.07, 6.45) is 2.90. The summed E-state index contributed by atoms with van der Waals surface area (Å²) in [5.74, 6) is 2.54. The fourth-order valence-corrected chi connectivity index (χ4v) is 2.34. The van der Waals surface area contributed by atoms with E-state index in [9.17, 15) is 0 Å². The maximum Gasteiger partial charge on any atom is -0.00206 e. The minimum Gasteiger partial charge on any atom is -0.317 e. The molecule has 0 amide bonds. The van der Waals surface area contributed by atoms with Crippen LogP contribution in [0.4, 0.5) is 0 Å². The van der Waals surface area contributed by atoms with Gasteiger partial charge in [0, 0.05) is 0 Å². The summed E-state index contributed by atoms with van der Waals surface area (Å²) in [7, 11) is 0. The van der Waals surface area contributed by atoms with Crippen molar-refractivity contribution in [2.45, 2.75) is 47.5 Å². The highest BCUT2D eigenvalue weighted by molar-refractivity contribution is 4.95. The Kier molecular flexibility index (Phi) is 4.00. The quantitative estimate of drug-likeness (QED) is 0.689. The lowest BCUT2D eigenvalue weighted by Gasteiger charge is -2.30. The number of hydrogen-bond acceptors (Lipinski definition) is 1. The van der Waals surface area contributed by atoms with E-state index < -0.39 is 0 Å². The Hall–Kier alpha value is -0.0400. The van der Waals surface area contributed by atoms with Gasteiger partial charge in [-0.25, -0.2) is 0 Å². The second kappa shape index (κ2) is 4.65. The molecule has 0 aromatic carbocycles. The van der Waals surface area contributed by atoms with Crippen molar-refractivity contribution in [3.63, 3.8) is 0 Å². The summed E-state index contributed by atoms with van der Waals surface area (Å²) in [6, 6.07) is 0. The van der Waals surface area contributed by atoms with E-state index in [0.29, 0.717) is 5.41 Å². The third-order valence-corrected chi connectivity index (χ3v) is 4.54. The maximum absolute atomic E-state index is 3.46. The maximum atomic E-state index is 3.46. The number of hydrogen-bond donors (Lipinski definition) is 1. The third kappa shape index (κ3) is 2.73. The van der Waals surface area contributed by atoms with E-state index in [4.69, 9.17) is 0 Å². The van der Waals surface area contributed by atoms with Gasteiger partial charge in [-0.15, -0.1) is 0 Å². The van der Waals surface area contributed by atoms with Gasteiger partial charge in [-0.3, -0.25) is 0 Å². The molecular formula is C13H27N. The predicted octanol–water partition coefficient (Wildman–Crippen LogP) is 3.30. The Labute approximate surface area is 89.7 Å². The first-order chi connectivity index (χ1) is 6.51. The molecule has 14 heavy (non-hydrogen) atoms. The molecule has 0 radical (unpaired) electrons. The van der Waals surface area contributed by atoms with Crippen molar-refractivity contribution in [3.05, 3.63) is 0 Å². The Morgan fingerprint density at radius 1 is 1.21 bits per heavy atom. The Bertz CT molecular complexity index is 172. The molecule has 1 nitrogen and oxygen atoms in total. The summed E-state index contributed by atoms with van der Waals surface area (Å²) in [5, 5.41) is 3.46. The molecular weight excluding hydrogens is 170 g/mol. The topological polar surface area (TPSA) is 12.0 Å². The molecule has 0 bridgehead atoms. The Morgan fingerprint density at radius 2 is 1.79 bits per heavy atom. The van der Waals surface area contributed by atoms with Crippen LogP contribution >= 0.6 is 0 Å². The van der Waals surface area contributed by atoms with Crippen molar-refractivity contribution in [3.8, 4) is 0 Å². The van der Waals surface area contributed by atoms with Crippen molar-refractivity contribution < 1.29 is 0 Å². The molecule has 84 valence electrons. The van der Waals surface area contributed by atoms with Crippen molar-refractivity contribution in [1.82, 2.24) is 5.32 Å². The van der Waals surface area contributed by atoms with E-state index in [1.807, 2.05) is 0 Å². The number of nitrogens with one attached hydrogen (secondary N) is 1. The molecule has 0 heterocycles. The molecule has 3 unspecified atom stereocenters. The standard InChI is InChI=1S/C13H27N/c1-6-14-9-10(2)11(3)12(4)13(5)7-8-13/h10-12,14H,6-9H2,1-5H3. The van der Waals surface area contributed by atoms with Crippen LogP contribution in [0.3, 0.4) is 0 Å². The molecule has 0 aromatic heterocycles. The van der Waals surface area contributed by atoms with E-state index in [0.717, 1.165) is 24.3 Å². The molecule has 0 aliphatic heterocycles. The van der Waals surface area contributed by atoms with Crippen LogP contribution in [-0.2, 0) is 0 Å². The lowest BCUT2D eigenvalue weighted by molar-refractivity contribution is 0.195. The van der Waals surface area contributed by atoms with Crippen LogP contribution in [-0.4, -0.2) is 13.1 Å². The molecule has 1 saturated carbocycles. The van der Waals surface area contributed by atoms with E-state index in [-0.39, 0.29) is 0 Å². The first-order valence-corrected chi connectivity index (χ1v) is 6.22. The summed E-state index contributed by atoms with van der Waals surface area (Å²) in [5.41, 5.74) is 0.680. The molecule has 1 fully saturated rings. The van der Waals surface area contributed by atoms with Crippen LogP contribution in [0.2, 0.25) is 0 Å². The molecule has 1 aliphatic carbocycles. The molecule has 0 aromatic rings. The molecule has 1 heteroatoms. The molecule has 3 atom stereocenters. The van der Waals surface area contributed by atoms with Crippen LogP contribution in [0.25, 0.3) is 0 Å². The van der Waals surface area contributed by atoms with Gasteiger partial charge in [0.1, 0.15) is 0 Å². The van der Waals surface area contributed by atoms with Gasteiger partial charge < -0.3 is 5.32 Å². The van der Waals surface area contributed by atoms with E-state index in [1.165, 1.54) is 19.4 Å².